The molecule has 1 aromatic heterocycles. The topological polar surface area (TPSA) is 113 Å². The fourth-order valence-corrected chi connectivity index (χ4v) is 2.43. The van der Waals surface area contributed by atoms with Crippen molar-refractivity contribution < 1.29 is 9.53 Å². The monoisotopic (exact) mass is 351 g/mol. The molecule has 0 bridgehead atoms. The van der Waals surface area contributed by atoms with E-state index >= 15 is 0 Å². The molecule has 3 rings (SSSR count). The van der Waals surface area contributed by atoms with E-state index in [0.717, 1.165) is 16.9 Å². The molecule has 1 aliphatic heterocycles. The number of nitrogens with two attached hydrogens (primary N) is 1. The third-order valence-corrected chi connectivity index (χ3v) is 3.77. The van der Waals surface area contributed by atoms with Gasteiger partial charge in [0.2, 0.25) is 6.41 Å². The van der Waals surface area contributed by atoms with Crippen LogP contribution in [0.1, 0.15) is 23.7 Å². The Hall–Kier alpha value is -3.24. The number of nitrogens with zero attached hydrogens (tertiary/aromatic N) is 3. The van der Waals surface area contributed by atoms with Crippen molar-refractivity contribution in [1.29, 1.82) is 5.26 Å². The normalized spacial score (nSPS) is 18.6. The maximum Gasteiger partial charge on any atom is 0.211 e. The van der Waals surface area contributed by atoms with Gasteiger partial charge in [-0.3, -0.25) is 14.8 Å². The van der Waals surface area contributed by atoms with Crippen LogP contribution < -0.4 is 11.1 Å². The summed E-state index contributed by atoms with van der Waals surface area (Å²) in [5.74, 6) is 0.493. The summed E-state index contributed by atoms with van der Waals surface area (Å²) in [5, 5.41) is 11.0. The number of hydrogen-bond donors (Lipinski definition) is 2. The summed E-state index contributed by atoms with van der Waals surface area (Å²) in [7, 11) is 0. The van der Waals surface area contributed by atoms with Gasteiger partial charge in [0, 0.05) is 17.6 Å². The lowest BCUT2D eigenvalue weighted by Gasteiger charge is -2.30. The predicted molar refractivity (Wildman–Crippen MR) is 99.6 cm³/mol. The van der Waals surface area contributed by atoms with E-state index in [1.165, 1.54) is 0 Å². The number of carbonyl (C=O) groups excluding carboxylic acids is 1. The quantitative estimate of drug-likeness (QED) is 0.822. The first-order chi connectivity index (χ1) is 12.5. The van der Waals surface area contributed by atoms with Gasteiger partial charge in [0.05, 0.1) is 12.2 Å². The highest BCUT2D eigenvalue weighted by molar-refractivity contribution is 5.82. The SMILES string of the molecule is CC1(c2cccc(NC=O)c2)COCC(N)=N1.Cc1ccc(C#N)cn1. The Morgan fingerprint density at radius 3 is 2.81 bits per heavy atom. The molecule has 0 fully saturated rings. The Balaban J connectivity index is 0.000000228. The van der Waals surface area contributed by atoms with Crippen molar-refractivity contribution in [3.63, 3.8) is 0 Å². The lowest BCUT2D eigenvalue weighted by atomic mass is 9.92. The van der Waals surface area contributed by atoms with Gasteiger partial charge < -0.3 is 15.8 Å². The van der Waals surface area contributed by atoms with Crippen LogP contribution in [0.15, 0.2) is 47.6 Å². The van der Waals surface area contributed by atoms with E-state index in [2.05, 4.69) is 15.3 Å². The van der Waals surface area contributed by atoms with E-state index in [9.17, 15) is 4.79 Å². The third-order valence-electron chi connectivity index (χ3n) is 3.77. The van der Waals surface area contributed by atoms with Crippen LogP contribution >= 0.6 is 0 Å². The molecular weight excluding hydrogens is 330 g/mol. The van der Waals surface area contributed by atoms with E-state index in [4.69, 9.17) is 15.7 Å². The van der Waals surface area contributed by atoms with Crippen molar-refractivity contribution in [3.8, 4) is 6.07 Å². The summed E-state index contributed by atoms with van der Waals surface area (Å²) in [6, 6.07) is 13.1. The van der Waals surface area contributed by atoms with Gasteiger partial charge in [-0.15, -0.1) is 0 Å². The molecule has 0 aliphatic carbocycles. The number of hydrogen-bond acceptors (Lipinski definition) is 6. The molecule has 1 amide bonds. The largest absolute Gasteiger partial charge is 0.386 e. The van der Waals surface area contributed by atoms with Gasteiger partial charge in [0.1, 0.15) is 24.1 Å². The zero-order valence-electron chi connectivity index (χ0n) is 14.8. The Labute approximate surface area is 152 Å². The molecule has 2 aromatic rings. The zero-order valence-corrected chi connectivity index (χ0v) is 14.8. The molecule has 3 N–H and O–H groups in total. The Morgan fingerprint density at radius 1 is 1.38 bits per heavy atom. The second-order valence-electron chi connectivity index (χ2n) is 6.01. The molecule has 7 nitrogen and oxygen atoms in total. The molecule has 1 unspecified atom stereocenters. The van der Waals surface area contributed by atoms with Gasteiger partial charge in [0.25, 0.3) is 0 Å². The van der Waals surface area contributed by atoms with Crippen molar-refractivity contribution in [3.05, 3.63) is 59.4 Å². The van der Waals surface area contributed by atoms with Crippen molar-refractivity contribution in [2.45, 2.75) is 19.4 Å². The molecule has 0 spiro atoms. The first-order valence-electron chi connectivity index (χ1n) is 8.02. The van der Waals surface area contributed by atoms with Crippen LogP contribution in [-0.4, -0.2) is 30.4 Å². The molecule has 2 heterocycles. The number of nitrogens with one attached hydrogen (secondary N) is 1. The van der Waals surface area contributed by atoms with E-state index in [-0.39, 0.29) is 0 Å². The van der Waals surface area contributed by atoms with Crippen LogP contribution in [0.2, 0.25) is 0 Å². The number of aryl methyl sites for hydroxylation is 1. The highest BCUT2D eigenvalue weighted by atomic mass is 16.5. The smallest absolute Gasteiger partial charge is 0.211 e. The van der Waals surface area contributed by atoms with Gasteiger partial charge in [-0.05, 0) is 43.7 Å². The zero-order chi connectivity index (χ0) is 19.0. The molecule has 1 atom stereocenters. The molecule has 0 saturated heterocycles. The molecule has 134 valence electrons. The molecule has 0 radical (unpaired) electrons. The molecule has 7 heteroatoms. The van der Waals surface area contributed by atoms with Crippen LogP contribution in [-0.2, 0) is 15.1 Å². The highest BCUT2D eigenvalue weighted by Gasteiger charge is 2.29. The van der Waals surface area contributed by atoms with Crippen LogP contribution in [0, 0.1) is 18.3 Å². The Kier molecular flexibility index (Phi) is 6.42. The number of ether oxygens (including phenoxy) is 1. The number of aliphatic imine (C=N–C) groups is 1. The molecule has 1 aromatic carbocycles. The van der Waals surface area contributed by atoms with Gasteiger partial charge in [0.15, 0.2) is 0 Å². The van der Waals surface area contributed by atoms with Crippen molar-refractivity contribution in [2.24, 2.45) is 10.7 Å². The number of amidine groups is 1. The summed E-state index contributed by atoms with van der Waals surface area (Å²) in [5.41, 5.74) is 8.46. The van der Waals surface area contributed by atoms with E-state index in [1.54, 1.807) is 12.3 Å². The standard InChI is InChI=1S/C12H15N3O2.C7H6N2/c1-12(7-17-6-11(13)15-12)9-3-2-4-10(5-9)14-8-16;1-6-2-3-7(4-8)5-9-6/h2-5,8H,6-7H2,1H3,(H2,13,15)(H,14,16);2-3,5H,1H3. The fraction of sp³-hybridized carbons (Fsp3) is 0.263. The third kappa shape index (κ3) is 5.13. The van der Waals surface area contributed by atoms with Gasteiger partial charge in [-0.25, -0.2) is 0 Å². The molecule has 1 aliphatic rings. The molecule has 0 saturated carbocycles. The predicted octanol–water partition coefficient (Wildman–Crippen LogP) is 2.12. The first-order valence-corrected chi connectivity index (χ1v) is 8.02. The Morgan fingerprint density at radius 2 is 2.19 bits per heavy atom. The van der Waals surface area contributed by atoms with E-state index in [0.29, 0.717) is 31.0 Å². The number of pyridine rings is 1. The number of nitriles is 1. The van der Waals surface area contributed by atoms with Crippen LogP contribution in [0.5, 0.6) is 0 Å². The summed E-state index contributed by atoms with van der Waals surface area (Å²) in [4.78, 5) is 18.8. The van der Waals surface area contributed by atoms with Gasteiger partial charge >= 0.3 is 0 Å². The van der Waals surface area contributed by atoms with Crippen LogP contribution in [0.3, 0.4) is 0 Å². The van der Waals surface area contributed by atoms with Crippen LogP contribution in [0.25, 0.3) is 0 Å². The number of benzene rings is 1. The number of carbonyl (C=O) groups is 1. The maximum absolute atomic E-state index is 10.4. The minimum Gasteiger partial charge on any atom is -0.386 e. The van der Waals surface area contributed by atoms with Gasteiger partial charge in [-0.2, -0.15) is 5.26 Å². The molecular formula is C19H21N5O2. The Bertz CT molecular complexity index is 827. The fourth-order valence-electron chi connectivity index (χ4n) is 2.43. The number of rotatable bonds is 3. The minimum absolute atomic E-state index is 0.377. The maximum atomic E-state index is 10.4. The lowest BCUT2D eigenvalue weighted by molar-refractivity contribution is -0.105. The lowest BCUT2D eigenvalue weighted by Crippen LogP contribution is -2.37. The summed E-state index contributed by atoms with van der Waals surface area (Å²) < 4.78 is 5.41. The minimum atomic E-state index is -0.483. The van der Waals surface area contributed by atoms with Crippen molar-refractivity contribution in [1.82, 2.24) is 4.98 Å². The second kappa shape index (κ2) is 8.74. The van der Waals surface area contributed by atoms with Crippen LogP contribution in [0.4, 0.5) is 5.69 Å². The summed E-state index contributed by atoms with van der Waals surface area (Å²) in [6.07, 6.45) is 2.21. The number of anilines is 1. The average molecular weight is 351 g/mol. The number of aromatic nitrogens is 1. The van der Waals surface area contributed by atoms with Crippen molar-refractivity contribution >= 4 is 17.9 Å². The van der Waals surface area contributed by atoms with Crippen molar-refractivity contribution in [2.75, 3.05) is 18.5 Å². The second-order valence-corrected chi connectivity index (χ2v) is 6.01. The summed E-state index contributed by atoms with van der Waals surface area (Å²) in [6.45, 7) is 4.71. The highest BCUT2D eigenvalue weighted by Crippen LogP contribution is 2.29. The van der Waals surface area contributed by atoms with E-state index in [1.807, 2.05) is 50.2 Å². The molecule has 26 heavy (non-hydrogen) atoms. The number of amides is 1. The average Bonchev–Trinajstić information content (AvgIpc) is 2.63. The van der Waals surface area contributed by atoms with Gasteiger partial charge in [-0.1, -0.05) is 12.1 Å². The van der Waals surface area contributed by atoms with E-state index < -0.39 is 5.54 Å². The first kappa shape index (κ1) is 19.1. The summed E-state index contributed by atoms with van der Waals surface area (Å²) >= 11 is 0.